The summed E-state index contributed by atoms with van der Waals surface area (Å²) in [4.78, 5) is 0. The molecule has 2 nitrogen and oxygen atoms in total. The minimum absolute atomic E-state index is 0.833. The van der Waals surface area contributed by atoms with Gasteiger partial charge in [-0.25, -0.2) is 0 Å². The maximum atomic E-state index is 5.66. The summed E-state index contributed by atoms with van der Waals surface area (Å²) in [6.45, 7) is 0. The summed E-state index contributed by atoms with van der Waals surface area (Å²) in [5.74, 6) is 2.30. The number of nitrogens with two attached hydrogens (primary N) is 2. The van der Waals surface area contributed by atoms with Crippen LogP contribution >= 0.6 is 11.8 Å². The Balaban J connectivity index is 1.64. The van der Waals surface area contributed by atoms with Gasteiger partial charge in [0.2, 0.25) is 0 Å². The maximum absolute atomic E-state index is 5.66. The number of hydrogen-bond acceptors (Lipinski definition) is 3. The van der Waals surface area contributed by atoms with Gasteiger partial charge in [0.1, 0.15) is 0 Å². The van der Waals surface area contributed by atoms with Crippen molar-refractivity contribution in [2.75, 3.05) is 23.0 Å². The second-order valence-corrected chi connectivity index (χ2v) is 5.82. The van der Waals surface area contributed by atoms with E-state index in [4.69, 9.17) is 11.5 Å². The van der Waals surface area contributed by atoms with Crippen molar-refractivity contribution in [2.45, 2.75) is 12.8 Å². The van der Waals surface area contributed by atoms with E-state index in [0.29, 0.717) is 0 Å². The van der Waals surface area contributed by atoms with Crippen LogP contribution in [0.5, 0.6) is 0 Å². The number of rotatable bonds is 6. The zero-order valence-corrected chi connectivity index (χ0v) is 11.8. The quantitative estimate of drug-likeness (QED) is 0.626. The SMILES string of the molecule is Nc1ccc(CCSCCc2ccc(N)cc2)cc1. The summed E-state index contributed by atoms with van der Waals surface area (Å²) >= 11 is 1.99. The summed E-state index contributed by atoms with van der Waals surface area (Å²) in [5, 5.41) is 0. The largest absolute Gasteiger partial charge is 0.399 e. The molecule has 0 aromatic heterocycles. The molecule has 0 aliphatic carbocycles. The summed E-state index contributed by atoms with van der Waals surface area (Å²) in [6.07, 6.45) is 2.21. The molecule has 0 fully saturated rings. The molecule has 0 aliphatic rings. The summed E-state index contributed by atoms with van der Waals surface area (Å²) in [5.41, 5.74) is 15.7. The molecule has 0 saturated carbocycles. The van der Waals surface area contributed by atoms with E-state index in [-0.39, 0.29) is 0 Å². The highest BCUT2D eigenvalue weighted by molar-refractivity contribution is 7.99. The summed E-state index contributed by atoms with van der Waals surface area (Å²) in [6, 6.07) is 16.3. The predicted octanol–water partition coefficient (Wildman–Crippen LogP) is 3.37. The third-order valence-electron chi connectivity index (χ3n) is 3.03. The van der Waals surface area contributed by atoms with Crippen LogP contribution in [0.2, 0.25) is 0 Å². The van der Waals surface area contributed by atoms with Crippen molar-refractivity contribution >= 4 is 23.1 Å². The van der Waals surface area contributed by atoms with Crippen LogP contribution in [0.4, 0.5) is 11.4 Å². The summed E-state index contributed by atoms with van der Waals surface area (Å²) in [7, 11) is 0. The van der Waals surface area contributed by atoms with Crippen molar-refractivity contribution in [3.8, 4) is 0 Å². The highest BCUT2D eigenvalue weighted by Gasteiger charge is 1.96. The molecule has 4 N–H and O–H groups in total. The highest BCUT2D eigenvalue weighted by atomic mass is 32.2. The van der Waals surface area contributed by atoms with Gasteiger partial charge in [-0.05, 0) is 59.7 Å². The van der Waals surface area contributed by atoms with Crippen LogP contribution in [0.25, 0.3) is 0 Å². The lowest BCUT2D eigenvalue weighted by Crippen LogP contribution is -1.94. The average molecular weight is 272 g/mol. The lowest BCUT2D eigenvalue weighted by atomic mass is 10.1. The van der Waals surface area contributed by atoms with Crippen molar-refractivity contribution in [1.82, 2.24) is 0 Å². The van der Waals surface area contributed by atoms with E-state index in [1.54, 1.807) is 0 Å². The van der Waals surface area contributed by atoms with E-state index in [1.807, 2.05) is 36.0 Å². The van der Waals surface area contributed by atoms with Crippen LogP contribution < -0.4 is 11.5 Å². The average Bonchev–Trinajstić information content (AvgIpc) is 2.43. The molecular weight excluding hydrogens is 252 g/mol. The number of aryl methyl sites for hydroxylation is 2. The Labute approximate surface area is 119 Å². The first kappa shape index (κ1) is 13.8. The Hall–Kier alpha value is -1.61. The topological polar surface area (TPSA) is 52.0 Å². The van der Waals surface area contributed by atoms with Crippen LogP contribution in [-0.4, -0.2) is 11.5 Å². The standard InChI is InChI=1S/C16H20N2S/c17-15-5-1-13(2-6-15)9-11-19-12-10-14-3-7-16(18)8-4-14/h1-8H,9-12,17-18H2. The first-order valence-corrected chi connectivity index (χ1v) is 7.66. The van der Waals surface area contributed by atoms with Gasteiger partial charge in [-0.15, -0.1) is 0 Å². The van der Waals surface area contributed by atoms with Crippen molar-refractivity contribution in [3.05, 3.63) is 59.7 Å². The zero-order chi connectivity index (χ0) is 13.5. The maximum Gasteiger partial charge on any atom is 0.0314 e. The molecule has 100 valence electrons. The number of hydrogen-bond donors (Lipinski definition) is 2. The molecule has 0 spiro atoms. The van der Waals surface area contributed by atoms with Gasteiger partial charge in [-0.1, -0.05) is 24.3 Å². The van der Waals surface area contributed by atoms with Crippen LogP contribution in [0.3, 0.4) is 0 Å². The van der Waals surface area contributed by atoms with Crippen molar-refractivity contribution < 1.29 is 0 Å². The molecule has 0 amide bonds. The Bertz CT molecular complexity index is 444. The zero-order valence-electron chi connectivity index (χ0n) is 11.0. The predicted molar refractivity (Wildman–Crippen MR) is 86.4 cm³/mol. The van der Waals surface area contributed by atoms with E-state index in [1.165, 1.54) is 11.1 Å². The minimum atomic E-state index is 0.833. The minimum Gasteiger partial charge on any atom is -0.399 e. The molecule has 0 bridgehead atoms. The number of thioether (sulfide) groups is 1. The van der Waals surface area contributed by atoms with Gasteiger partial charge in [0.25, 0.3) is 0 Å². The van der Waals surface area contributed by atoms with E-state index >= 15 is 0 Å². The van der Waals surface area contributed by atoms with Crippen molar-refractivity contribution in [1.29, 1.82) is 0 Å². The van der Waals surface area contributed by atoms with Gasteiger partial charge in [0.05, 0.1) is 0 Å². The molecule has 0 saturated heterocycles. The molecule has 0 atom stereocenters. The Morgan fingerprint density at radius 1 is 0.632 bits per heavy atom. The van der Waals surface area contributed by atoms with Crippen LogP contribution in [-0.2, 0) is 12.8 Å². The molecule has 2 aromatic rings. The highest BCUT2D eigenvalue weighted by Crippen LogP contribution is 2.12. The Morgan fingerprint density at radius 3 is 1.37 bits per heavy atom. The Morgan fingerprint density at radius 2 is 1.00 bits per heavy atom. The third-order valence-corrected chi connectivity index (χ3v) is 4.02. The molecular formula is C16H20N2S. The van der Waals surface area contributed by atoms with Gasteiger partial charge in [0, 0.05) is 11.4 Å². The molecule has 0 heterocycles. The van der Waals surface area contributed by atoms with Gasteiger partial charge >= 0.3 is 0 Å². The fraction of sp³-hybridized carbons (Fsp3) is 0.250. The van der Waals surface area contributed by atoms with E-state index in [9.17, 15) is 0 Å². The van der Waals surface area contributed by atoms with Crippen LogP contribution in [0.1, 0.15) is 11.1 Å². The molecule has 0 radical (unpaired) electrons. The lowest BCUT2D eigenvalue weighted by Gasteiger charge is -2.04. The third kappa shape index (κ3) is 4.87. The Kier molecular flexibility index (Phi) is 5.16. The second kappa shape index (κ2) is 7.10. The van der Waals surface area contributed by atoms with Crippen molar-refractivity contribution in [3.63, 3.8) is 0 Å². The van der Waals surface area contributed by atoms with Crippen LogP contribution in [0, 0.1) is 0 Å². The summed E-state index contributed by atoms with van der Waals surface area (Å²) < 4.78 is 0. The first-order valence-electron chi connectivity index (χ1n) is 6.50. The number of nitrogen functional groups attached to an aromatic ring is 2. The second-order valence-electron chi connectivity index (χ2n) is 4.60. The first-order chi connectivity index (χ1) is 9.24. The van der Waals surface area contributed by atoms with E-state index < -0.39 is 0 Å². The fourth-order valence-corrected chi connectivity index (χ4v) is 2.81. The number of benzene rings is 2. The monoisotopic (exact) mass is 272 g/mol. The molecule has 0 unspecified atom stereocenters. The van der Waals surface area contributed by atoms with Gasteiger partial charge in [-0.2, -0.15) is 11.8 Å². The van der Waals surface area contributed by atoms with Gasteiger partial charge < -0.3 is 11.5 Å². The van der Waals surface area contributed by atoms with E-state index in [0.717, 1.165) is 35.7 Å². The lowest BCUT2D eigenvalue weighted by molar-refractivity contribution is 1.13. The van der Waals surface area contributed by atoms with Gasteiger partial charge in [0.15, 0.2) is 0 Å². The smallest absolute Gasteiger partial charge is 0.0314 e. The fourth-order valence-electron chi connectivity index (χ4n) is 1.85. The molecule has 3 heteroatoms. The van der Waals surface area contributed by atoms with Crippen LogP contribution in [0.15, 0.2) is 48.5 Å². The molecule has 2 rings (SSSR count). The van der Waals surface area contributed by atoms with E-state index in [2.05, 4.69) is 24.3 Å². The molecule has 0 aliphatic heterocycles. The molecule has 19 heavy (non-hydrogen) atoms. The normalized spacial score (nSPS) is 10.5. The van der Waals surface area contributed by atoms with Crippen molar-refractivity contribution in [2.24, 2.45) is 0 Å². The van der Waals surface area contributed by atoms with Gasteiger partial charge in [-0.3, -0.25) is 0 Å². The molecule has 2 aromatic carbocycles. The number of anilines is 2.